The van der Waals surface area contributed by atoms with E-state index in [0.717, 1.165) is 24.0 Å². The Morgan fingerprint density at radius 1 is 1.10 bits per heavy atom. The Bertz CT molecular complexity index is 1530. The zero-order valence-electron chi connectivity index (χ0n) is 22.5. The number of fused-ring (bicyclic) bond motifs is 1. The van der Waals surface area contributed by atoms with Crippen molar-refractivity contribution in [3.63, 3.8) is 0 Å². The monoisotopic (exact) mass is 613 g/mol. The van der Waals surface area contributed by atoms with Gasteiger partial charge in [-0.2, -0.15) is 13.2 Å². The second kappa shape index (κ2) is 11.8. The van der Waals surface area contributed by atoms with E-state index in [9.17, 15) is 36.6 Å². The molecule has 13 heteroatoms. The number of benzene rings is 3. The molecule has 0 radical (unpaired) electrons. The second-order valence-electron chi connectivity index (χ2n) is 9.51. The van der Waals surface area contributed by atoms with Crippen LogP contribution in [0.1, 0.15) is 30.9 Å². The summed E-state index contributed by atoms with van der Waals surface area (Å²) in [7, 11) is 1.25. The molecular formula is C29H25ClF5NO6. The number of carbonyl (C=O) groups is 2. The molecule has 1 N–H and O–H groups in total. The van der Waals surface area contributed by atoms with Gasteiger partial charge in [-0.15, -0.1) is 0 Å². The standard InChI is InChI=1S/C29H25ClF5NO6/c1-4-40-26(38)14-41-24-10-17(6-8-21(24)31)16-5-7-19(20(30)9-16)15(2)28(39,29(33,34)35)18-11-22(32)27-23(12-18)36(3)25(37)13-42-27/h5-12,15,39H,4,13-14H2,1-3H3. The highest BCUT2D eigenvalue weighted by Gasteiger charge is 2.59. The SMILES string of the molecule is CCOC(=O)COc1cc(-c2ccc(C(C)C(O)(c3cc(F)c4c(c3)N(C)C(=O)CO4)C(F)(F)F)c(Cl)c2)ccc1F. The Morgan fingerprint density at radius 2 is 1.76 bits per heavy atom. The van der Waals surface area contributed by atoms with Crippen LogP contribution >= 0.6 is 11.6 Å². The number of rotatable bonds is 8. The van der Waals surface area contributed by atoms with Gasteiger partial charge < -0.3 is 24.2 Å². The van der Waals surface area contributed by atoms with Gasteiger partial charge in [-0.25, -0.2) is 13.6 Å². The van der Waals surface area contributed by atoms with Gasteiger partial charge >= 0.3 is 12.1 Å². The lowest BCUT2D eigenvalue weighted by Crippen LogP contribution is -2.47. The smallest absolute Gasteiger partial charge is 0.422 e. The van der Waals surface area contributed by atoms with Crippen LogP contribution in [0.4, 0.5) is 27.6 Å². The average Bonchev–Trinajstić information content (AvgIpc) is 2.93. The summed E-state index contributed by atoms with van der Waals surface area (Å²) in [6, 6.07) is 9.11. The highest BCUT2D eigenvalue weighted by molar-refractivity contribution is 6.31. The van der Waals surface area contributed by atoms with Crippen LogP contribution in [0.3, 0.4) is 0 Å². The van der Waals surface area contributed by atoms with Gasteiger partial charge in [-0.3, -0.25) is 4.79 Å². The molecular weight excluding hydrogens is 589 g/mol. The number of amides is 1. The zero-order valence-corrected chi connectivity index (χ0v) is 23.3. The fourth-order valence-electron chi connectivity index (χ4n) is 4.63. The van der Waals surface area contributed by atoms with E-state index in [-0.39, 0.29) is 28.6 Å². The van der Waals surface area contributed by atoms with Crippen LogP contribution in [0, 0.1) is 11.6 Å². The molecule has 0 bridgehead atoms. The number of nitrogens with zero attached hydrogens (tertiary/aromatic N) is 1. The first-order chi connectivity index (χ1) is 19.7. The molecule has 3 aromatic rings. The molecule has 0 fully saturated rings. The average molecular weight is 614 g/mol. The van der Waals surface area contributed by atoms with Gasteiger partial charge in [-0.05, 0) is 59.5 Å². The summed E-state index contributed by atoms with van der Waals surface area (Å²) in [5.41, 5.74) is -4.16. The maximum absolute atomic E-state index is 14.9. The van der Waals surface area contributed by atoms with Gasteiger partial charge in [0.25, 0.3) is 5.91 Å². The molecule has 1 amide bonds. The first-order valence-electron chi connectivity index (χ1n) is 12.6. The fourth-order valence-corrected chi connectivity index (χ4v) is 4.98. The summed E-state index contributed by atoms with van der Waals surface area (Å²) in [6.07, 6.45) is -5.31. The lowest BCUT2D eigenvalue weighted by atomic mass is 9.77. The van der Waals surface area contributed by atoms with Crippen molar-refractivity contribution in [1.82, 2.24) is 0 Å². The molecule has 0 aromatic heterocycles. The van der Waals surface area contributed by atoms with Crippen LogP contribution in [-0.4, -0.2) is 50.0 Å². The van der Waals surface area contributed by atoms with E-state index in [1.54, 1.807) is 6.92 Å². The maximum atomic E-state index is 14.9. The first kappa shape index (κ1) is 31.0. The van der Waals surface area contributed by atoms with Crippen LogP contribution in [0.25, 0.3) is 11.1 Å². The minimum atomic E-state index is -5.31. The number of alkyl halides is 3. The van der Waals surface area contributed by atoms with E-state index in [2.05, 4.69) is 0 Å². The number of hydrogen-bond acceptors (Lipinski definition) is 6. The Balaban J connectivity index is 1.71. The predicted octanol–water partition coefficient (Wildman–Crippen LogP) is 6.14. The van der Waals surface area contributed by atoms with Crippen LogP contribution in [0.15, 0.2) is 48.5 Å². The summed E-state index contributed by atoms with van der Waals surface area (Å²) < 4.78 is 87.9. The van der Waals surface area contributed by atoms with E-state index >= 15 is 0 Å². The van der Waals surface area contributed by atoms with Gasteiger partial charge in [0, 0.05) is 18.0 Å². The number of anilines is 1. The molecule has 224 valence electrons. The Hall–Kier alpha value is -3.90. The van der Waals surface area contributed by atoms with Crippen molar-refractivity contribution in [3.05, 3.63) is 76.3 Å². The van der Waals surface area contributed by atoms with Crippen LogP contribution in [0.2, 0.25) is 5.02 Å². The predicted molar refractivity (Wildman–Crippen MR) is 143 cm³/mol. The quantitative estimate of drug-likeness (QED) is 0.243. The highest BCUT2D eigenvalue weighted by Crippen LogP contribution is 2.52. The number of likely N-dealkylation sites (N-methyl/N-ethyl adjacent to an activating group) is 1. The molecule has 0 saturated heterocycles. The molecule has 2 atom stereocenters. The lowest BCUT2D eigenvalue weighted by Gasteiger charge is -2.38. The van der Waals surface area contributed by atoms with Crippen molar-refractivity contribution in [1.29, 1.82) is 0 Å². The number of aliphatic hydroxyl groups is 1. The zero-order chi connectivity index (χ0) is 31.0. The minimum absolute atomic E-state index is 0.115. The van der Waals surface area contributed by atoms with Gasteiger partial charge in [-0.1, -0.05) is 36.7 Å². The number of ether oxygens (including phenoxy) is 3. The van der Waals surface area contributed by atoms with E-state index in [1.807, 2.05) is 0 Å². The summed E-state index contributed by atoms with van der Waals surface area (Å²) in [4.78, 5) is 24.6. The largest absolute Gasteiger partial charge is 0.479 e. The number of halogens is 6. The molecule has 0 aliphatic carbocycles. The number of hydrogen-bond donors (Lipinski definition) is 1. The maximum Gasteiger partial charge on any atom is 0.422 e. The minimum Gasteiger partial charge on any atom is -0.479 e. The number of carbonyl (C=O) groups excluding carboxylic acids is 2. The van der Waals surface area contributed by atoms with Crippen LogP contribution in [0.5, 0.6) is 11.5 Å². The van der Waals surface area contributed by atoms with E-state index in [0.29, 0.717) is 17.2 Å². The summed E-state index contributed by atoms with van der Waals surface area (Å²) in [5, 5.41) is 11.1. The van der Waals surface area contributed by atoms with Crippen molar-refractivity contribution in [2.24, 2.45) is 0 Å². The van der Waals surface area contributed by atoms with Crippen molar-refractivity contribution in [2.45, 2.75) is 31.5 Å². The molecule has 0 spiro atoms. The first-order valence-corrected chi connectivity index (χ1v) is 13.0. The van der Waals surface area contributed by atoms with Crippen molar-refractivity contribution >= 4 is 29.2 Å². The topological polar surface area (TPSA) is 85.3 Å². The molecule has 1 aliphatic rings. The van der Waals surface area contributed by atoms with Crippen LogP contribution < -0.4 is 14.4 Å². The number of esters is 1. The van der Waals surface area contributed by atoms with Gasteiger partial charge in [0.1, 0.15) is 0 Å². The van der Waals surface area contributed by atoms with Crippen LogP contribution in [-0.2, 0) is 19.9 Å². The normalized spacial score (nSPS) is 15.4. The molecule has 2 unspecified atom stereocenters. The molecule has 0 saturated carbocycles. The molecule has 42 heavy (non-hydrogen) atoms. The summed E-state index contributed by atoms with van der Waals surface area (Å²) in [5.74, 6) is -5.70. The third kappa shape index (κ3) is 5.73. The van der Waals surface area contributed by atoms with Crippen molar-refractivity contribution in [2.75, 3.05) is 31.8 Å². The molecule has 3 aromatic carbocycles. The Labute approximate surface area is 242 Å². The summed E-state index contributed by atoms with van der Waals surface area (Å²) in [6.45, 7) is 1.76. The molecule has 1 heterocycles. The second-order valence-corrected chi connectivity index (χ2v) is 9.92. The Morgan fingerprint density at radius 3 is 2.40 bits per heavy atom. The van der Waals surface area contributed by atoms with Gasteiger partial charge in [0.05, 0.1) is 12.3 Å². The van der Waals surface area contributed by atoms with Crippen molar-refractivity contribution in [3.8, 4) is 22.6 Å². The lowest BCUT2D eigenvalue weighted by molar-refractivity contribution is -0.274. The molecule has 1 aliphatic heterocycles. The third-order valence-corrected chi connectivity index (χ3v) is 7.31. The highest BCUT2D eigenvalue weighted by atomic mass is 35.5. The molecule has 7 nitrogen and oxygen atoms in total. The summed E-state index contributed by atoms with van der Waals surface area (Å²) >= 11 is 6.42. The Kier molecular flexibility index (Phi) is 8.70. The third-order valence-electron chi connectivity index (χ3n) is 6.98. The molecule has 4 rings (SSSR count). The van der Waals surface area contributed by atoms with E-state index < -0.39 is 65.7 Å². The van der Waals surface area contributed by atoms with E-state index in [4.69, 9.17) is 25.8 Å². The van der Waals surface area contributed by atoms with Gasteiger partial charge in [0.2, 0.25) is 0 Å². The fraction of sp³-hybridized carbons (Fsp3) is 0.310. The van der Waals surface area contributed by atoms with Gasteiger partial charge in [0.15, 0.2) is 41.9 Å². The van der Waals surface area contributed by atoms with E-state index in [1.165, 1.54) is 37.4 Å². The van der Waals surface area contributed by atoms with Crippen molar-refractivity contribution < 1.29 is 50.9 Å².